The predicted octanol–water partition coefficient (Wildman–Crippen LogP) is 4.72. The van der Waals surface area contributed by atoms with Gasteiger partial charge in [-0.1, -0.05) is 12.1 Å². The molecule has 210 valence electrons. The van der Waals surface area contributed by atoms with Gasteiger partial charge in [-0.25, -0.2) is 14.8 Å². The normalized spacial score (nSPS) is 21.3. The Morgan fingerprint density at radius 2 is 2.05 bits per heavy atom. The molecule has 0 saturated carbocycles. The lowest BCUT2D eigenvalue weighted by Gasteiger charge is -2.35. The number of hydrogen-bond donors (Lipinski definition) is 1. The quantitative estimate of drug-likeness (QED) is 0.482. The van der Waals surface area contributed by atoms with Gasteiger partial charge in [0.15, 0.2) is 11.6 Å². The maximum atomic E-state index is 13.6. The van der Waals surface area contributed by atoms with Crippen molar-refractivity contribution in [3.05, 3.63) is 54.2 Å². The molecule has 3 aliphatic heterocycles. The number of nitrogens with zero attached hydrogens (tertiary/aromatic N) is 5. The fourth-order valence-corrected chi connectivity index (χ4v) is 5.15. The van der Waals surface area contributed by atoms with Crippen LogP contribution in [0.2, 0.25) is 0 Å². The molecule has 1 N–H and O–H groups in total. The largest absolute Gasteiger partial charge is 0.461 e. The van der Waals surface area contributed by atoms with Crippen LogP contribution in [0.5, 0.6) is 6.01 Å². The van der Waals surface area contributed by atoms with Crippen molar-refractivity contribution < 1.29 is 32.2 Å². The second-order valence-corrected chi connectivity index (χ2v) is 10.3. The zero-order valence-electron chi connectivity index (χ0n) is 21.8. The molecule has 10 nitrogen and oxygen atoms in total. The minimum atomic E-state index is -4.48. The van der Waals surface area contributed by atoms with Crippen molar-refractivity contribution >= 4 is 23.4 Å². The minimum absolute atomic E-state index is 0.0714. The third-order valence-electron chi connectivity index (χ3n) is 6.99. The Bertz CT molecular complexity index is 1440. The predicted molar refractivity (Wildman–Crippen MR) is 139 cm³/mol. The van der Waals surface area contributed by atoms with Gasteiger partial charge in [0.05, 0.1) is 29.6 Å². The molecule has 0 aliphatic carbocycles. The van der Waals surface area contributed by atoms with Gasteiger partial charge >= 0.3 is 18.2 Å². The summed E-state index contributed by atoms with van der Waals surface area (Å²) in [6.07, 6.45) is -2.56. The van der Waals surface area contributed by atoms with Gasteiger partial charge in [-0.05, 0) is 50.6 Å². The van der Waals surface area contributed by atoms with E-state index < -0.39 is 23.6 Å². The molecule has 0 unspecified atom stereocenters. The third kappa shape index (κ3) is 5.26. The first-order valence-corrected chi connectivity index (χ1v) is 12.9. The van der Waals surface area contributed by atoms with E-state index in [2.05, 4.69) is 25.2 Å². The lowest BCUT2D eigenvalue weighted by Crippen LogP contribution is -2.48. The number of nitrogens with one attached hydrogen (secondary N) is 1. The monoisotopic (exact) mass is 556 g/mol. The zero-order valence-corrected chi connectivity index (χ0v) is 21.8. The highest BCUT2D eigenvalue weighted by molar-refractivity contribution is 6.04. The summed E-state index contributed by atoms with van der Waals surface area (Å²) in [6, 6.07) is 9.47. The smallest absolute Gasteiger partial charge is 0.416 e. The summed E-state index contributed by atoms with van der Waals surface area (Å²) in [5.74, 6) is -0.0667. The molecule has 0 spiro atoms. The van der Waals surface area contributed by atoms with E-state index in [-0.39, 0.29) is 30.6 Å². The Labute approximate surface area is 228 Å². The Balaban J connectivity index is 1.22. The van der Waals surface area contributed by atoms with Crippen LogP contribution in [0.3, 0.4) is 0 Å². The number of ether oxygens (including phenoxy) is 3. The summed E-state index contributed by atoms with van der Waals surface area (Å²) in [7, 11) is 0. The number of amides is 2. The lowest BCUT2D eigenvalue weighted by molar-refractivity contribution is -0.141. The summed E-state index contributed by atoms with van der Waals surface area (Å²) in [4.78, 5) is 30.3. The number of aromatic nitrogens is 3. The van der Waals surface area contributed by atoms with Crippen molar-refractivity contribution in [2.75, 3.05) is 41.4 Å². The molecule has 13 heteroatoms. The average molecular weight is 557 g/mol. The Kier molecular flexibility index (Phi) is 6.50. The molecule has 2 atom stereocenters. The van der Waals surface area contributed by atoms with Crippen LogP contribution in [0.4, 0.5) is 35.3 Å². The first-order valence-electron chi connectivity index (χ1n) is 12.9. The number of rotatable bonds is 5. The molecule has 6 rings (SSSR count). The van der Waals surface area contributed by atoms with Gasteiger partial charge < -0.3 is 19.1 Å². The van der Waals surface area contributed by atoms with Crippen LogP contribution >= 0.6 is 0 Å². The molecular weight excluding hydrogens is 529 g/mol. The van der Waals surface area contributed by atoms with E-state index in [1.54, 1.807) is 29.2 Å². The fraction of sp³-hybridized carbons (Fsp3) is 0.407. The van der Waals surface area contributed by atoms with Crippen molar-refractivity contribution in [2.45, 2.75) is 44.4 Å². The van der Waals surface area contributed by atoms with Crippen LogP contribution < -0.4 is 19.9 Å². The third-order valence-corrected chi connectivity index (χ3v) is 6.99. The first-order chi connectivity index (χ1) is 19.1. The standard InChI is InChI=1S/C27H27F3N6O4/c1-26(2)39-15-19(40-26)14-38-24-31-10-8-22(33-24)34-25(37)36-18-9-11-35(13-18)21-7-6-20(32-23(21)36)16-4-3-5-17(12-16)27(28,29)30/h3-8,10,12,18-19H,9,11,13-15H2,1-2H3,(H,31,33,34,37)/t18-,19+/m0/s1. The van der Waals surface area contributed by atoms with Crippen molar-refractivity contribution in [2.24, 2.45) is 0 Å². The van der Waals surface area contributed by atoms with E-state index >= 15 is 0 Å². The van der Waals surface area contributed by atoms with E-state index in [0.29, 0.717) is 30.2 Å². The number of benzene rings is 1. The highest BCUT2D eigenvalue weighted by Crippen LogP contribution is 2.41. The molecule has 5 heterocycles. The van der Waals surface area contributed by atoms with Crippen LogP contribution in [-0.2, 0) is 15.7 Å². The number of hydrogen-bond acceptors (Lipinski definition) is 8. The summed E-state index contributed by atoms with van der Waals surface area (Å²) in [5.41, 5.74) is 0.626. The number of carbonyl (C=O) groups is 1. The van der Waals surface area contributed by atoms with E-state index in [4.69, 9.17) is 14.2 Å². The van der Waals surface area contributed by atoms with Crippen molar-refractivity contribution in [3.63, 3.8) is 0 Å². The fourth-order valence-electron chi connectivity index (χ4n) is 5.15. The lowest BCUT2D eigenvalue weighted by atomic mass is 10.1. The van der Waals surface area contributed by atoms with Crippen LogP contribution in [-0.4, -0.2) is 65.2 Å². The highest BCUT2D eigenvalue weighted by Gasteiger charge is 2.41. The number of urea groups is 1. The molecule has 3 aromatic rings. The van der Waals surface area contributed by atoms with E-state index in [1.165, 1.54) is 12.3 Å². The first kappa shape index (κ1) is 26.3. The average Bonchev–Trinajstić information content (AvgIpc) is 3.50. The number of pyridine rings is 1. The topological polar surface area (TPSA) is 102 Å². The molecule has 3 aliphatic rings. The molecule has 2 fully saturated rings. The zero-order chi connectivity index (χ0) is 28.1. The Morgan fingerprint density at radius 1 is 1.20 bits per heavy atom. The second-order valence-electron chi connectivity index (χ2n) is 10.3. The molecule has 2 bridgehead atoms. The number of anilines is 3. The van der Waals surface area contributed by atoms with Gasteiger partial charge in [0, 0.05) is 24.8 Å². The Morgan fingerprint density at radius 3 is 2.83 bits per heavy atom. The summed E-state index contributed by atoms with van der Waals surface area (Å²) in [6.45, 7) is 5.56. The number of fused-ring (bicyclic) bond motifs is 4. The maximum absolute atomic E-state index is 13.6. The Hall–Kier alpha value is -3.97. The molecule has 2 saturated heterocycles. The second kappa shape index (κ2) is 9.89. The molecular formula is C27H27F3N6O4. The van der Waals surface area contributed by atoms with Crippen LogP contribution in [0, 0.1) is 0 Å². The molecule has 1 aromatic carbocycles. The number of halogens is 3. The van der Waals surface area contributed by atoms with Crippen LogP contribution in [0.15, 0.2) is 48.7 Å². The number of carbonyl (C=O) groups excluding carboxylic acids is 1. The van der Waals surface area contributed by atoms with Gasteiger partial charge in [0.2, 0.25) is 0 Å². The van der Waals surface area contributed by atoms with Gasteiger partial charge in [-0.15, -0.1) is 0 Å². The summed E-state index contributed by atoms with van der Waals surface area (Å²) >= 11 is 0. The van der Waals surface area contributed by atoms with Crippen molar-refractivity contribution in [3.8, 4) is 17.3 Å². The van der Waals surface area contributed by atoms with E-state index in [0.717, 1.165) is 30.8 Å². The molecule has 2 aromatic heterocycles. The summed E-state index contributed by atoms with van der Waals surface area (Å²) in [5, 5.41) is 2.80. The van der Waals surface area contributed by atoms with E-state index in [9.17, 15) is 18.0 Å². The van der Waals surface area contributed by atoms with Crippen molar-refractivity contribution in [1.82, 2.24) is 15.0 Å². The van der Waals surface area contributed by atoms with Gasteiger partial charge in [0.1, 0.15) is 18.5 Å². The molecule has 40 heavy (non-hydrogen) atoms. The van der Waals surface area contributed by atoms with E-state index in [1.807, 2.05) is 13.8 Å². The minimum Gasteiger partial charge on any atom is -0.461 e. The highest BCUT2D eigenvalue weighted by atomic mass is 19.4. The maximum Gasteiger partial charge on any atom is 0.416 e. The molecule has 2 amide bonds. The summed E-state index contributed by atoms with van der Waals surface area (Å²) < 4.78 is 56.8. The van der Waals surface area contributed by atoms with Crippen LogP contribution in [0.1, 0.15) is 25.8 Å². The molecule has 0 radical (unpaired) electrons. The van der Waals surface area contributed by atoms with Crippen molar-refractivity contribution in [1.29, 1.82) is 0 Å². The SMILES string of the molecule is CC1(C)OC[C@@H](COc2nccc(NC(=O)N3c4nc(-c5cccc(C(F)(F)F)c5)ccc4N4CC[C@H]3C4)n2)O1. The van der Waals surface area contributed by atoms with Gasteiger partial charge in [-0.3, -0.25) is 10.2 Å². The van der Waals surface area contributed by atoms with Gasteiger partial charge in [0.25, 0.3) is 0 Å². The van der Waals surface area contributed by atoms with Gasteiger partial charge in [-0.2, -0.15) is 18.2 Å². The number of alkyl halides is 3. The van der Waals surface area contributed by atoms with Crippen LogP contribution in [0.25, 0.3) is 11.3 Å².